The van der Waals surface area contributed by atoms with Crippen LogP contribution in [0.5, 0.6) is 0 Å². The van der Waals surface area contributed by atoms with Gasteiger partial charge in [0.1, 0.15) is 5.69 Å². The molecule has 2 unspecified atom stereocenters. The van der Waals surface area contributed by atoms with Gasteiger partial charge in [0.2, 0.25) is 5.91 Å². The summed E-state index contributed by atoms with van der Waals surface area (Å²) in [5.74, 6) is 0.889. The van der Waals surface area contributed by atoms with Gasteiger partial charge in [0.15, 0.2) is 0 Å². The number of nitrogens with one attached hydrogen (secondary N) is 1. The van der Waals surface area contributed by atoms with Gasteiger partial charge < -0.3 is 15.6 Å². The third-order valence-corrected chi connectivity index (χ3v) is 5.51. The maximum Gasteiger partial charge on any atom is 0.274 e. The van der Waals surface area contributed by atoms with Crippen molar-refractivity contribution >= 4 is 11.6 Å². The molecule has 1 heterocycles. The first-order chi connectivity index (χ1) is 10.5. The van der Waals surface area contributed by atoms with Gasteiger partial charge in [0.05, 0.1) is 0 Å². The molecule has 2 aliphatic rings. The normalized spacial score (nSPS) is 30.9. The minimum atomic E-state index is -0.152. The van der Waals surface area contributed by atoms with Crippen molar-refractivity contribution in [2.24, 2.45) is 30.5 Å². The molecule has 2 bridgehead atoms. The van der Waals surface area contributed by atoms with Crippen LogP contribution in [0.25, 0.3) is 0 Å². The molecule has 2 fully saturated rings. The van der Waals surface area contributed by atoms with Crippen LogP contribution in [0.1, 0.15) is 37.7 Å². The summed E-state index contributed by atoms with van der Waals surface area (Å²) >= 11 is 0. The highest BCUT2D eigenvalue weighted by molar-refractivity contribution is 5.93. The molecule has 2 atom stereocenters. The van der Waals surface area contributed by atoms with Crippen LogP contribution >= 0.6 is 0 Å². The molecule has 2 aliphatic carbocycles. The maximum atomic E-state index is 12.6. The number of nitrogens with zero attached hydrogens (tertiary/aromatic N) is 1. The van der Waals surface area contributed by atoms with E-state index < -0.39 is 0 Å². The quantitative estimate of drug-likeness (QED) is 0.874. The van der Waals surface area contributed by atoms with Crippen LogP contribution < -0.4 is 16.6 Å². The van der Waals surface area contributed by atoms with Crippen LogP contribution in [-0.2, 0) is 11.8 Å². The van der Waals surface area contributed by atoms with Gasteiger partial charge in [-0.2, -0.15) is 0 Å². The van der Waals surface area contributed by atoms with Crippen molar-refractivity contribution in [2.75, 3.05) is 5.32 Å². The van der Waals surface area contributed by atoms with Crippen molar-refractivity contribution in [1.82, 2.24) is 4.57 Å². The van der Waals surface area contributed by atoms with E-state index in [4.69, 9.17) is 5.73 Å². The van der Waals surface area contributed by atoms with Crippen LogP contribution in [-0.4, -0.2) is 16.5 Å². The highest BCUT2D eigenvalue weighted by atomic mass is 16.2. The number of rotatable bonds is 2. The number of fused-ring (bicyclic) bond motifs is 2. The lowest BCUT2D eigenvalue weighted by atomic mass is 9.65. The van der Waals surface area contributed by atoms with Gasteiger partial charge >= 0.3 is 0 Å². The zero-order valence-electron chi connectivity index (χ0n) is 13.3. The molecule has 0 saturated heterocycles. The monoisotopic (exact) mass is 303 g/mol. The lowest BCUT2D eigenvalue weighted by Gasteiger charge is -2.43. The third kappa shape index (κ3) is 2.70. The van der Waals surface area contributed by atoms with E-state index >= 15 is 0 Å². The summed E-state index contributed by atoms with van der Waals surface area (Å²) in [6, 6.07) is 2.10. The summed E-state index contributed by atoms with van der Waals surface area (Å²) in [6.07, 6.45) is 6.93. The number of nitrogens with two attached hydrogens (primary N) is 1. The predicted octanol–water partition coefficient (Wildman–Crippen LogP) is 1.79. The second-order valence-electron chi connectivity index (χ2n) is 6.98. The van der Waals surface area contributed by atoms with Gasteiger partial charge in [-0.25, -0.2) is 0 Å². The molecule has 0 spiro atoms. The fourth-order valence-electron chi connectivity index (χ4n) is 4.10. The summed E-state index contributed by atoms with van der Waals surface area (Å²) in [4.78, 5) is 24.8. The van der Waals surface area contributed by atoms with E-state index in [-0.39, 0.29) is 23.4 Å². The molecule has 5 heteroatoms. The number of carbonyl (C=O) groups is 1. The number of hydrogen-bond acceptors (Lipinski definition) is 3. The Bertz CT molecular complexity index is 623. The summed E-state index contributed by atoms with van der Waals surface area (Å²) in [5.41, 5.74) is 7.35. The molecule has 0 radical (unpaired) electrons. The van der Waals surface area contributed by atoms with Crippen molar-refractivity contribution in [3.05, 3.63) is 28.2 Å². The van der Waals surface area contributed by atoms with Crippen molar-refractivity contribution in [2.45, 2.75) is 45.1 Å². The number of carbonyl (C=O) groups excluding carboxylic acids is 1. The van der Waals surface area contributed by atoms with Crippen LogP contribution in [0, 0.1) is 24.7 Å². The van der Waals surface area contributed by atoms with Gasteiger partial charge in [0.25, 0.3) is 5.56 Å². The Kier molecular flexibility index (Phi) is 4.08. The molecule has 0 aliphatic heterocycles. The Balaban J connectivity index is 1.76. The van der Waals surface area contributed by atoms with E-state index in [2.05, 4.69) is 5.32 Å². The van der Waals surface area contributed by atoms with Crippen LogP contribution in [0.4, 0.5) is 5.69 Å². The Labute approximate surface area is 130 Å². The molecule has 1 amide bonds. The number of hydrogen-bond donors (Lipinski definition) is 2. The second kappa shape index (κ2) is 5.88. The molecule has 3 N–H and O–H groups in total. The van der Waals surface area contributed by atoms with Gasteiger partial charge in [0, 0.05) is 25.2 Å². The summed E-state index contributed by atoms with van der Waals surface area (Å²) < 4.78 is 1.49. The summed E-state index contributed by atoms with van der Waals surface area (Å²) in [7, 11) is 1.70. The number of amides is 1. The first-order valence-electron chi connectivity index (χ1n) is 8.20. The zero-order chi connectivity index (χ0) is 15.9. The minimum Gasteiger partial charge on any atom is -0.327 e. The van der Waals surface area contributed by atoms with Gasteiger partial charge in [-0.3, -0.25) is 9.59 Å². The average molecular weight is 303 g/mol. The Hall–Kier alpha value is -1.62. The average Bonchev–Trinajstić information content (AvgIpc) is 2.47. The molecule has 1 aromatic rings. The molecule has 1 aromatic heterocycles. The number of aryl methyl sites for hydroxylation is 2. The zero-order valence-corrected chi connectivity index (χ0v) is 13.3. The summed E-state index contributed by atoms with van der Waals surface area (Å²) in [5, 5.41) is 2.88. The highest BCUT2D eigenvalue weighted by Crippen LogP contribution is 2.42. The van der Waals surface area contributed by atoms with E-state index in [0.717, 1.165) is 31.2 Å². The van der Waals surface area contributed by atoms with Gasteiger partial charge in [-0.1, -0.05) is 6.42 Å². The van der Waals surface area contributed by atoms with Crippen molar-refractivity contribution in [3.63, 3.8) is 0 Å². The van der Waals surface area contributed by atoms with Crippen LogP contribution in [0.3, 0.4) is 0 Å². The largest absolute Gasteiger partial charge is 0.327 e. The first-order valence-corrected chi connectivity index (χ1v) is 8.20. The fraction of sp³-hybridized carbons (Fsp3) is 0.647. The Morgan fingerprint density at radius 1 is 1.32 bits per heavy atom. The molecular weight excluding hydrogens is 278 g/mol. The van der Waals surface area contributed by atoms with Gasteiger partial charge in [-0.05, 0) is 56.1 Å². The molecular formula is C17H25N3O2. The molecule has 5 nitrogen and oxygen atoms in total. The van der Waals surface area contributed by atoms with E-state index in [0.29, 0.717) is 17.5 Å². The highest BCUT2D eigenvalue weighted by Gasteiger charge is 2.40. The van der Waals surface area contributed by atoms with Crippen molar-refractivity contribution < 1.29 is 4.79 Å². The molecule has 120 valence electrons. The fourth-order valence-corrected chi connectivity index (χ4v) is 4.10. The number of aromatic nitrogens is 1. The molecule has 2 saturated carbocycles. The summed E-state index contributed by atoms with van der Waals surface area (Å²) in [6.45, 7) is 1.85. The van der Waals surface area contributed by atoms with E-state index in [1.807, 2.05) is 13.0 Å². The second-order valence-corrected chi connectivity index (χ2v) is 6.98. The standard InChI is InChI=1S/C17H25N3O2/c1-10-6-7-20(2)17(22)15(10)19-16(21)13-8-11-4-3-5-12(9-13)14(11)18/h6-7,11-14H,3-5,8-9,18H2,1-2H3,(H,19,21). The molecule has 3 rings (SSSR count). The maximum absolute atomic E-state index is 12.6. The SMILES string of the molecule is Cc1ccn(C)c(=O)c1NC(=O)C1CC2CCCC(C1)C2N. The van der Waals surface area contributed by atoms with E-state index in [9.17, 15) is 9.59 Å². The smallest absolute Gasteiger partial charge is 0.274 e. The Morgan fingerprint density at radius 2 is 1.95 bits per heavy atom. The van der Waals surface area contributed by atoms with Crippen LogP contribution in [0.15, 0.2) is 17.1 Å². The lowest BCUT2D eigenvalue weighted by Crippen LogP contribution is -2.48. The first kappa shape index (κ1) is 15.3. The van der Waals surface area contributed by atoms with Crippen LogP contribution in [0.2, 0.25) is 0 Å². The lowest BCUT2D eigenvalue weighted by molar-refractivity contribution is -0.122. The van der Waals surface area contributed by atoms with E-state index in [1.165, 1.54) is 11.0 Å². The topological polar surface area (TPSA) is 77.1 Å². The predicted molar refractivity (Wildman–Crippen MR) is 86.6 cm³/mol. The Morgan fingerprint density at radius 3 is 2.59 bits per heavy atom. The molecule has 0 aromatic carbocycles. The number of anilines is 1. The van der Waals surface area contributed by atoms with E-state index in [1.54, 1.807) is 13.2 Å². The minimum absolute atomic E-state index is 0.0144. The third-order valence-electron chi connectivity index (χ3n) is 5.51. The number of pyridine rings is 1. The molecule has 22 heavy (non-hydrogen) atoms. The van der Waals surface area contributed by atoms with Gasteiger partial charge in [-0.15, -0.1) is 0 Å². The van der Waals surface area contributed by atoms with Crippen molar-refractivity contribution in [1.29, 1.82) is 0 Å². The van der Waals surface area contributed by atoms with Crippen molar-refractivity contribution in [3.8, 4) is 0 Å².